The molecule has 0 amide bonds. The van der Waals surface area contributed by atoms with Gasteiger partial charge in [0.25, 0.3) is 0 Å². The molecule has 6 heteroatoms. The Labute approximate surface area is 159 Å². The number of benzene rings is 1. The molecule has 1 fully saturated rings. The molecule has 6 nitrogen and oxygen atoms in total. The van der Waals surface area contributed by atoms with Gasteiger partial charge in [-0.15, -0.1) is 0 Å². The van der Waals surface area contributed by atoms with Gasteiger partial charge >= 0.3 is 0 Å². The lowest BCUT2D eigenvalue weighted by Crippen LogP contribution is -2.46. The lowest BCUT2D eigenvalue weighted by atomic mass is 10.1. The maximum Gasteiger partial charge on any atom is 0.138 e. The van der Waals surface area contributed by atoms with Crippen LogP contribution in [0.15, 0.2) is 40.9 Å². The van der Waals surface area contributed by atoms with Crippen molar-refractivity contribution in [1.82, 2.24) is 20.0 Å². The van der Waals surface area contributed by atoms with E-state index in [2.05, 4.69) is 43.1 Å². The Balaban J connectivity index is 1.46. The molecule has 0 saturated carbocycles. The van der Waals surface area contributed by atoms with Crippen molar-refractivity contribution in [2.45, 2.75) is 27.3 Å². The summed E-state index contributed by atoms with van der Waals surface area (Å²) in [5.41, 5.74) is 4.32. The Hall–Kier alpha value is -2.73. The Morgan fingerprint density at radius 2 is 1.70 bits per heavy atom. The second-order valence-corrected chi connectivity index (χ2v) is 7.09. The summed E-state index contributed by atoms with van der Waals surface area (Å²) in [6.07, 6.45) is 0. The Morgan fingerprint density at radius 3 is 2.37 bits per heavy atom. The average molecular weight is 363 g/mol. The SMILES string of the molecule is Cc1nc(-c2ccccc2)cc(N2CCN(Cc3c(C)noc3C)CC2)n1. The van der Waals surface area contributed by atoms with Crippen molar-refractivity contribution in [3.05, 3.63) is 59.2 Å². The van der Waals surface area contributed by atoms with Crippen molar-refractivity contribution in [1.29, 1.82) is 0 Å². The molecule has 1 aromatic carbocycles. The van der Waals surface area contributed by atoms with E-state index in [0.717, 1.165) is 67.1 Å². The molecule has 0 spiro atoms. The summed E-state index contributed by atoms with van der Waals surface area (Å²) in [5.74, 6) is 2.75. The van der Waals surface area contributed by atoms with E-state index < -0.39 is 0 Å². The van der Waals surface area contributed by atoms with E-state index in [9.17, 15) is 0 Å². The maximum atomic E-state index is 5.29. The maximum absolute atomic E-state index is 5.29. The molecule has 0 atom stereocenters. The number of anilines is 1. The second kappa shape index (κ2) is 7.48. The topological polar surface area (TPSA) is 58.3 Å². The van der Waals surface area contributed by atoms with Crippen LogP contribution >= 0.6 is 0 Å². The zero-order valence-corrected chi connectivity index (χ0v) is 16.1. The van der Waals surface area contributed by atoms with E-state index in [4.69, 9.17) is 4.52 Å². The Morgan fingerprint density at radius 1 is 0.963 bits per heavy atom. The fraction of sp³-hybridized carbons (Fsp3) is 0.381. The average Bonchev–Trinajstić information content (AvgIpc) is 3.01. The summed E-state index contributed by atoms with van der Waals surface area (Å²) in [7, 11) is 0. The Kier molecular flexibility index (Phi) is 4.90. The molecule has 1 saturated heterocycles. The third-order valence-electron chi connectivity index (χ3n) is 5.15. The van der Waals surface area contributed by atoms with Gasteiger partial charge in [-0.25, -0.2) is 9.97 Å². The van der Waals surface area contributed by atoms with Gasteiger partial charge in [-0.05, 0) is 20.8 Å². The molecule has 1 aliphatic heterocycles. The summed E-state index contributed by atoms with van der Waals surface area (Å²) >= 11 is 0. The lowest BCUT2D eigenvalue weighted by molar-refractivity contribution is 0.247. The van der Waals surface area contributed by atoms with Crippen molar-refractivity contribution < 1.29 is 4.52 Å². The Bertz CT molecular complexity index is 894. The minimum atomic E-state index is 0.810. The fourth-order valence-electron chi connectivity index (χ4n) is 3.56. The van der Waals surface area contributed by atoms with Gasteiger partial charge < -0.3 is 9.42 Å². The number of nitrogens with zero attached hydrogens (tertiary/aromatic N) is 5. The number of aromatic nitrogens is 3. The van der Waals surface area contributed by atoms with Crippen LogP contribution in [0, 0.1) is 20.8 Å². The smallest absolute Gasteiger partial charge is 0.138 e. The van der Waals surface area contributed by atoms with Crippen molar-refractivity contribution >= 4 is 5.82 Å². The molecule has 3 aromatic rings. The van der Waals surface area contributed by atoms with Crippen molar-refractivity contribution in [2.24, 2.45) is 0 Å². The van der Waals surface area contributed by atoms with E-state index in [1.807, 2.05) is 39.0 Å². The monoisotopic (exact) mass is 363 g/mol. The largest absolute Gasteiger partial charge is 0.361 e. The summed E-state index contributed by atoms with van der Waals surface area (Å²) < 4.78 is 5.29. The molecule has 1 aliphatic rings. The molecule has 140 valence electrons. The van der Waals surface area contributed by atoms with E-state index in [1.54, 1.807) is 0 Å². The molecular weight excluding hydrogens is 338 g/mol. The predicted octanol–water partition coefficient (Wildman–Crippen LogP) is 3.38. The first-order valence-electron chi connectivity index (χ1n) is 9.40. The van der Waals surface area contributed by atoms with Gasteiger partial charge in [0.05, 0.1) is 11.4 Å². The van der Waals surface area contributed by atoms with Gasteiger partial charge in [-0.3, -0.25) is 4.90 Å². The van der Waals surface area contributed by atoms with Crippen molar-refractivity contribution in [2.75, 3.05) is 31.1 Å². The van der Waals surface area contributed by atoms with Gasteiger partial charge in [0.1, 0.15) is 17.4 Å². The van der Waals surface area contributed by atoms with Gasteiger partial charge in [0, 0.05) is 49.9 Å². The fourth-order valence-corrected chi connectivity index (χ4v) is 3.56. The second-order valence-electron chi connectivity index (χ2n) is 7.09. The highest BCUT2D eigenvalue weighted by Crippen LogP contribution is 2.23. The number of aryl methyl sites for hydroxylation is 3. The molecule has 0 N–H and O–H groups in total. The van der Waals surface area contributed by atoms with Crippen LogP contribution in [0.4, 0.5) is 5.82 Å². The van der Waals surface area contributed by atoms with Crippen molar-refractivity contribution in [3.8, 4) is 11.3 Å². The third kappa shape index (κ3) is 3.85. The summed E-state index contributed by atoms with van der Waals surface area (Å²) in [6, 6.07) is 12.4. The van der Waals surface area contributed by atoms with Crippen LogP contribution in [0.25, 0.3) is 11.3 Å². The molecule has 0 bridgehead atoms. The third-order valence-corrected chi connectivity index (χ3v) is 5.15. The normalized spacial score (nSPS) is 15.3. The number of hydrogen-bond acceptors (Lipinski definition) is 6. The minimum absolute atomic E-state index is 0.810. The highest BCUT2D eigenvalue weighted by molar-refractivity contribution is 5.62. The van der Waals surface area contributed by atoms with Gasteiger partial charge in [-0.2, -0.15) is 0 Å². The first-order chi connectivity index (χ1) is 13.1. The van der Waals surface area contributed by atoms with Gasteiger partial charge in [0.2, 0.25) is 0 Å². The zero-order valence-electron chi connectivity index (χ0n) is 16.1. The summed E-state index contributed by atoms with van der Waals surface area (Å²) in [5, 5.41) is 4.06. The van der Waals surface area contributed by atoms with Crippen LogP contribution in [0.2, 0.25) is 0 Å². The van der Waals surface area contributed by atoms with E-state index >= 15 is 0 Å². The summed E-state index contributed by atoms with van der Waals surface area (Å²) in [4.78, 5) is 14.1. The van der Waals surface area contributed by atoms with Gasteiger partial charge in [-0.1, -0.05) is 35.5 Å². The molecule has 27 heavy (non-hydrogen) atoms. The molecule has 4 rings (SSSR count). The van der Waals surface area contributed by atoms with Crippen molar-refractivity contribution in [3.63, 3.8) is 0 Å². The molecule has 3 heterocycles. The van der Waals surface area contributed by atoms with Crippen LogP contribution < -0.4 is 4.90 Å². The number of piperazine rings is 1. The van der Waals surface area contributed by atoms with E-state index in [1.165, 1.54) is 5.56 Å². The van der Waals surface area contributed by atoms with E-state index in [-0.39, 0.29) is 0 Å². The summed E-state index contributed by atoms with van der Waals surface area (Å²) in [6.45, 7) is 10.7. The lowest BCUT2D eigenvalue weighted by Gasteiger charge is -2.35. The quantitative estimate of drug-likeness (QED) is 0.708. The van der Waals surface area contributed by atoms with Crippen LogP contribution in [-0.2, 0) is 6.54 Å². The number of hydrogen-bond donors (Lipinski definition) is 0. The molecule has 2 aromatic heterocycles. The molecular formula is C21H25N5O. The minimum Gasteiger partial charge on any atom is -0.361 e. The van der Waals surface area contributed by atoms with Crippen LogP contribution in [0.5, 0.6) is 0 Å². The number of rotatable bonds is 4. The van der Waals surface area contributed by atoms with Crippen LogP contribution in [-0.4, -0.2) is 46.2 Å². The van der Waals surface area contributed by atoms with Crippen LogP contribution in [0.1, 0.15) is 22.8 Å². The van der Waals surface area contributed by atoms with Gasteiger partial charge in [0.15, 0.2) is 0 Å². The zero-order chi connectivity index (χ0) is 18.8. The first-order valence-corrected chi connectivity index (χ1v) is 9.40. The van der Waals surface area contributed by atoms with E-state index in [0.29, 0.717) is 0 Å². The molecule has 0 unspecified atom stereocenters. The van der Waals surface area contributed by atoms with Crippen LogP contribution in [0.3, 0.4) is 0 Å². The molecule has 0 radical (unpaired) electrons. The molecule has 0 aliphatic carbocycles. The highest BCUT2D eigenvalue weighted by Gasteiger charge is 2.21. The predicted molar refractivity (Wildman–Crippen MR) is 106 cm³/mol. The standard InChI is InChI=1S/C21H25N5O/c1-15-19(16(2)27-24-15)14-25-9-11-26(12-10-25)21-13-20(22-17(3)23-21)18-7-5-4-6-8-18/h4-8,13H,9-12,14H2,1-3H3. The highest BCUT2D eigenvalue weighted by atomic mass is 16.5. The first kappa shape index (κ1) is 17.7.